The summed E-state index contributed by atoms with van der Waals surface area (Å²) in [5.74, 6) is 0. The minimum Gasteiger partial charge on any atom is -0.399 e. The number of anilines is 3. The second kappa shape index (κ2) is 14.3. The topological polar surface area (TPSA) is 38.0 Å². The number of benzene rings is 4. The van der Waals surface area contributed by atoms with E-state index in [1.165, 1.54) is 37.9 Å². The summed E-state index contributed by atoms with van der Waals surface area (Å²) in [7, 11) is 0. The fourth-order valence-electron chi connectivity index (χ4n) is 3.89. The quantitative estimate of drug-likeness (QED) is 0.214. The van der Waals surface area contributed by atoms with Crippen LogP contribution in [0.5, 0.6) is 0 Å². The SMILES string of the molecule is Cc1cc(C)c(Br)c(C)c1.Cc1cc(C)c(Nc2cc(Cl)cc(Cl)c2)c(C)c1.Nc1cc(Cl)cc(Cl)c1. The highest BCUT2D eigenvalue weighted by atomic mass is 79.9. The van der Waals surface area contributed by atoms with Crippen LogP contribution in [0, 0.1) is 41.5 Å². The van der Waals surface area contributed by atoms with Crippen molar-refractivity contribution in [1.29, 1.82) is 0 Å². The summed E-state index contributed by atoms with van der Waals surface area (Å²) in [5, 5.41) is 5.78. The van der Waals surface area contributed by atoms with Crippen LogP contribution in [-0.2, 0) is 0 Å². The van der Waals surface area contributed by atoms with Crippen molar-refractivity contribution in [3.63, 3.8) is 0 Å². The predicted octanol–water partition coefficient (Wildman–Crippen LogP) is 11.6. The summed E-state index contributed by atoms with van der Waals surface area (Å²) in [4.78, 5) is 0. The molecule has 0 aliphatic carbocycles. The summed E-state index contributed by atoms with van der Waals surface area (Å²) in [5.41, 5.74) is 15.6. The van der Waals surface area contributed by atoms with Crippen LogP contribution in [0.25, 0.3) is 0 Å². The second-order valence-corrected chi connectivity index (χ2v) is 11.5. The lowest BCUT2D eigenvalue weighted by Gasteiger charge is -2.14. The van der Waals surface area contributed by atoms with E-state index in [-0.39, 0.29) is 0 Å². The minimum absolute atomic E-state index is 0.569. The van der Waals surface area contributed by atoms with Gasteiger partial charge in [-0.05, 0) is 100 Å². The zero-order valence-corrected chi connectivity index (χ0v) is 26.4. The van der Waals surface area contributed by atoms with Gasteiger partial charge in [0.1, 0.15) is 0 Å². The van der Waals surface area contributed by atoms with Gasteiger partial charge < -0.3 is 11.1 Å². The number of nitrogen functional groups attached to an aromatic ring is 1. The molecule has 0 fully saturated rings. The highest BCUT2D eigenvalue weighted by molar-refractivity contribution is 9.10. The summed E-state index contributed by atoms with van der Waals surface area (Å²) in [6, 6.07) is 19.1. The van der Waals surface area contributed by atoms with Crippen LogP contribution in [0.2, 0.25) is 20.1 Å². The third kappa shape index (κ3) is 10.4. The summed E-state index contributed by atoms with van der Waals surface area (Å²) in [6.07, 6.45) is 0. The van der Waals surface area contributed by atoms with E-state index < -0.39 is 0 Å². The lowest BCUT2D eigenvalue weighted by Crippen LogP contribution is -1.97. The highest BCUT2D eigenvalue weighted by Gasteiger charge is 2.05. The van der Waals surface area contributed by atoms with E-state index in [1.807, 2.05) is 12.1 Å². The molecule has 0 aromatic heterocycles. The Morgan fingerprint density at radius 1 is 0.541 bits per heavy atom. The molecular formula is C30H31BrCl4N2. The Balaban J connectivity index is 0.000000214. The molecule has 0 saturated heterocycles. The van der Waals surface area contributed by atoms with E-state index in [2.05, 4.69) is 87.1 Å². The Labute approximate surface area is 249 Å². The largest absolute Gasteiger partial charge is 0.399 e. The molecule has 0 aliphatic rings. The van der Waals surface area contributed by atoms with E-state index in [1.54, 1.807) is 24.3 Å². The zero-order valence-electron chi connectivity index (χ0n) is 21.7. The molecule has 37 heavy (non-hydrogen) atoms. The number of halogens is 5. The van der Waals surface area contributed by atoms with Gasteiger partial charge in [0.2, 0.25) is 0 Å². The second-order valence-electron chi connectivity index (χ2n) is 8.97. The zero-order chi connectivity index (χ0) is 27.9. The number of rotatable bonds is 2. The molecule has 0 atom stereocenters. The van der Waals surface area contributed by atoms with Gasteiger partial charge >= 0.3 is 0 Å². The number of nitrogens with one attached hydrogen (secondary N) is 1. The van der Waals surface area contributed by atoms with E-state index in [0.29, 0.717) is 25.8 Å². The monoisotopic (exact) mass is 638 g/mol. The average Bonchev–Trinajstić information content (AvgIpc) is 2.74. The Hall–Kier alpha value is -1.88. The average molecular weight is 641 g/mol. The van der Waals surface area contributed by atoms with Crippen molar-refractivity contribution in [3.05, 3.63) is 119 Å². The van der Waals surface area contributed by atoms with E-state index >= 15 is 0 Å². The fourth-order valence-corrected chi connectivity index (χ4v) is 5.18. The van der Waals surface area contributed by atoms with Crippen LogP contribution < -0.4 is 11.1 Å². The Kier molecular flexibility index (Phi) is 12.1. The lowest BCUT2D eigenvalue weighted by molar-refractivity contribution is 1.29. The smallest absolute Gasteiger partial charge is 0.0443 e. The van der Waals surface area contributed by atoms with Crippen molar-refractivity contribution < 1.29 is 0 Å². The first-order chi connectivity index (χ1) is 17.2. The molecule has 0 heterocycles. The van der Waals surface area contributed by atoms with Crippen LogP contribution in [-0.4, -0.2) is 0 Å². The Morgan fingerprint density at radius 3 is 1.27 bits per heavy atom. The molecule has 4 aromatic carbocycles. The van der Waals surface area contributed by atoms with Gasteiger partial charge in [-0.2, -0.15) is 0 Å². The van der Waals surface area contributed by atoms with Crippen LogP contribution in [0.4, 0.5) is 17.1 Å². The molecule has 196 valence electrons. The molecule has 0 aliphatic heterocycles. The number of hydrogen-bond acceptors (Lipinski definition) is 2. The lowest BCUT2D eigenvalue weighted by atomic mass is 10.0. The van der Waals surface area contributed by atoms with Gasteiger partial charge in [0.15, 0.2) is 0 Å². The molecule has 0 radical (unpaired) electrons. The van der Waals surface area contributed by atoms with Gasteiger partial charge in [-0.15, -0.1) is 0 Å². The number of aryl methyl sites for hydroxylation is 6. The van der Waals surface area contributed by atoms with E-state index in [9.17, 15) is 0 Å². The maximum Gasteiger partial charge on any atom is 0.0443 e. The van der Waals surface area contributed by atoms with Gasteiger partial charge in [0.05, 0.1) is 0 Å². The van der Waals surface area contributed by atoms with Gasteiger partial charge in [-0.25, -0.2) is 0 Å². The van der Waals surface area contributed by atoms with Crippen LogP contribution >= 0.6 is 62.3 Å². The first kappa shape index (κ1) is 31.3. The van der Waals surface area contributed by atoms with Gasteiger partial charge in [0, 0.05) is 41.6 Å². The van der Waals surface area contributed by atoms with Crippen molar-refractivity contribution >= 4 is 79.4 Å². The Morgan fingerprint density at radius 2 is 0.892 bits per heavy atom. The minimum atomic E-state index is 0.569. The standard InChI is InChI=1S/C15H15Cl2N.C9H11Br.C6H5Cl2N/c1-9-4-10(2)15(11(3)5-9)18-14-7-12(16)6-13(17)8-14;1-6-4-7(2)9(10)8(3)5-6;7-4-1-5(8)3-6(9)2-4/h4-8,18H,1-3H3;4-5H,1-3H3;1-3H,9H2. The van der Waals surface area contributed by atoms with Crippen molar-refractivity contribution in [1.82, 2.24) is 0 Å². The molecule has 0 saturated carbocycles. The molecule has 4 rings (SSSR count). The van der Waals surface area contributed by atoms with Crippen molar-refractivity contribution in [2.75, 3.05) is 11.1 Å². The molecule has 0 unspecified atom stereocenters. The molecular weight excluding hydrogens is 610 g/mol. The molecule has 4 aromatic rings. The number of hydrogen-bond donors (Lipinski definition) is 2. The Bertz CT molecular complexity index is 1270. The van der Waals surface area contributed by atoms with Crippen molar-refractivity contribution in [2.24, 2.45) is 0 Å². The normalized spacial score (nSPS) is 10.1. The first-order valence-corrected chi connectivity index (χ1v) is 13.8. The van der Waals surface area contributed by atoms with Crippen LogP contribution in [0.15, 0.2) is 65.1 Å². The molecule has 3 N–H and O–H groups in total. The molecule has 0 amide bonds. The summed E-state index contributed by atoms with van der Waals surface area (Å²) < 4.78 is 1.23. The maximum atomic E-state index is 6.00. The molecule has 0 spiro atoms. The third-order valence-electron chi connectivity index (χ3n) is 5.27. The highest BCUT2D eigenvalue weighted by Crippen LogP contribution is 2.29. The number of nitrogens with two attached hydrogens (primary N) is 1. The molecule has 7 heteroatoms. The fraction of sp³-hybridized carbons (Fsp3) is 0.200. The van der Waals surface area contributed by atoms with Crippen molar-refractivity contribution in [2.45, 2.75) is 41.5 Å². The maximum absolute atomic E-state index is 6.00. The first-order valence-electron chi connectivity index (χ1n) is 11.5. The third-order valence-corrected chi connectivity index (χ3v) is 7.40. The van der Waals surface area contributed by atoms with Crippen LogP contribution in [0.1, 0.15) is 33.4 Å². The summed E-state index contributed by atoms with van der Waals surface area (Å²) >= 11 is 26.7. The van der Waals surface area contributed by atoms with Crippen LogP contribution in [0.3, 0.4) is 0 Å². The molecule has 2 nitrogen and oxygen atoms in total. The van der Waals surface area contributed by atoms with Crippen molar-refractivity contribution in [3.8, 4) is 0 Å². The van der Waals surface area contributed by atoms with Gasteiger partial charge in [-0.1, -0.05) is 97.7 Å². The molecule has 0 bridgehead atoms. The summed E-state index contributed by atoms with van der Waals surface area (Å²) in [6.45, 7) is 12.6. The predicted molar refractivity (Wildman–Crippen MR) is 170 cm³/mol. The van der Waals surface area contributed by atoms with Gasteiger partial charge in [0.25, 0.3) is 0 Å². The van der Waals surface area contributed by atoms with E-state index in [4.69, 9.17) is 52.1 Å². The van der Waals surface area contributed by atoms with Gasteiger partial charge in [-0.3, -0.25) is 0 Å². The van der Waals surface area contributed by atoms with E-state index in [0.717, 1.165) is 11.4 Å².